The minimum Gasteiger partial charge on any atom is -0.495 e. The fraction of sp³-hybridized carbons (Fsp3) is 0.154. The summed E-state index contributed by atoms with van der Waals surface area (Å²) in [6, 6.07) is 5.51. The maximum atomic E-state index is 12.0. The van der Waals surface area contributed by atoms with Crippen LogP contribution in [-0.4, -0.2) is 23.0 Å². The molecule has 2 aromatic rings. The highest BCUT2D eigenvalue weighted by Crippen LogP contribution is 2.25. The summed E-state index contributed by atoms with van der Waals surface area (Å²) in [6.45, 7) is 1.93. The van der Waals surface area contributed by atoms with Gasteiger partial charge in [0.1, 0.15) is 16.6 Å². The third kappa shape index (κ3) is 3.20. The molecule has 0 aliphatic heterocycles. The number of ether oxygens (including phenoxy) is 1. The highest BCUT2D eigenvalue weighted by atomic mass is 35.5. The summed E-state index contributed by atoms with van der Waals surface area (Å²) < 4.78 is 5.18. The number of methoxy groups -OCH3 is 1. The molecule has 98 valence electrons. The predicted octanol–water partition coefficient (Wildman–Crippen LogP) is 2.70. The zero-order chi connectivity index (χ0) is 13.8. The van der Waals surface area contributed by atoms with Crippen LogP contribution < -0.4 is 10.1 Å². The molecule has 0 fully saturated rings. The van der Waals surface area contributed by atoms with E-state index < -0.39 is 0 Å². The van der Waals surface area contributed by atoms with Gasteiger partial charge in [0.15, 0.2) is 0 Å². The molecule has 2 rings (SSSR count). The van der Waals surface area contributed by atoms with Gasteiger partial charge < -0.3 is 10.1 Å². The lowest BCUT2D eigenvalue weighted by Crippen LogP contribution is -2.14. The number of nitrogens with one attached hydrogen (secondary N) is 1. The fourth-order valence-corrected chi connectivity index (χ4v) is 1.63. The van der Waals surface area contributed by atoms with E-state index in [9.17, 15) is 4.79 Å². The molecule has 0 radical (unpaired) electrons. The van der Waals surface area contributed by atoms with E-state index in [1.807, 2.05) is 19.1 Å². The lowest BCUT2D eigenvalue weighted by atomic mass is 10.2. The number of amides is 1. The first-order chi connectivity index (χ1) is 9.10. The van der Waals surface area contributed by atoms with E-state index in [2.05, 4.69) is 15.3 Å². The largest absolute Gasteiger partial charge is 0.495 e. The Morgan fingerprint density at radius 1 is 1.32 bits per heavy atom. The molecule has 0 spiro atoms. The normalized spacial score (nSPS) is 10.1. The Morgan fingerprint density at radius 2 is 2.11 bits per heavy atom. The van der Waals surface area contributed by atoms with Crippen molar-refractivity contribution in [2.75, 3.05) is 12.4 Å². The molecule has 1 heterocycles. The van der Waals surface area contributed by atoms with E-state index in [0.717, 1.165) is 5.56 Å². The number of carbonyl (C=O) groups excluding carboxylic acids is 1. The average molecular weight is 278 g/mol. The van der Waals surface area contributed by atoms with Crippen molar-refractivity contribution in [1.82, 2.24) is 9.97 Å². The van der Waals surface area contributed by atoms with Crippen molar-refractivity contribution in [2.45, 2.75) is 6.92 Å². The number of aryl methyl sites for hydroxylation is 1. The lowest BCUT2D eigenvalue weighted by molar-refractivity contribution is 0.102. The molecular formula is C13H12ClN3O2. The van der Waals surface area contributed by atoms with Crippen LogP contribution in [0, 0.1) is 6.92 Å². The van der Waals surface area contributed by atoms with Gasteiger partial charge in [-0.1, -0.05) is 17.7 Å². The number of hydrogen-bond acceptors (Lipinski definition) is 4. The summed E-state index contributed by atoms with van der Waals surface area (Å²) in [6.07, 6.45) is 2.64. The van der Waals surface area contributed by atoms with Crippen LogP contribution in [0.4, 0.5) is 5.69 Å². The van der Waals surface area contributed by atoms with Crippen molar-refractivity contribution in [1.29, 1.82) is 0 Å². The smallest absolute Gasteiger partial charge is 0.275 e. The minimum absolute atomic E-state index is 0.188. The summed E-state index contributed by atoms with van der Waals surface area (Å²) in [4.78, 5) is 19.7. The monoisotopic (exact) mass is 277 g/mol. The van der Waals surface area contributed by atoms with Gasteiger partial charge in [0.2, 0.25) is 0 Å². The standard InChI is InChI=1S/C13H12ClN3O2/c1-8-3-4-11(19-2)9(5-8)17-13(18)10-6-16-12(14)7-15-10/h3-7H,1-2H3,(H,17,18). The van der Waals surface area contributed by atoms with Crippen molar-refractivity contribution in [3.05, 3.63) is 47.0 Å². The molecule has 0 aliphatic carbocycles. The topological polar surface area (TPSA) is 64.1 Å². The third-order valence-electron chi connectivity index (χ3n) is 2.46. The van der Waals surface area contributed by atoms with Gasteiger partial charge in [-0.25, -0.2) is 9.97 Å². The van der Waals surface area contributed by atoms with Crippen molar-refractivity contribution in [3.8, 4) is 5.75 Å². The van der Waals surface area contributed by atoms with Gasteiger partial charge in [-0.05, 0) is 24.6 Å². The molecule has 0 saturated carbocycles. The van der Waals surface area contributed by atoms with Crippen molar-refractivity contribution in [3.63, 3.8) is 0 Å². The highest BCUT2D eigenvalue weighted by Gasteiger charge is 2.11. The van der Waals surface area contributed by atoms with E-state index in [-0.39, 0.29) is 16.8 Å². The quantitative estimate of drug-likeness (QED) is 0.937. The Balaban J connectivity index is 2.23. The Hall–Kier alpha value is -2.14. The first-order valence-corrected chi connectivity index (χ1v) is 5.91. The number of aromatic nitrogens is 2. The van der Waals surface area contributed by atoms with E-state index in [1.165, 1.54) is 12.4 Å². The number of rotatable bonds is 3. The Bertz CT molecular complexity index is 599. The van der Waals surface area contributed by atoms with Crippen LogP contribution in [-0.2, 0) is 0 Å². The number of benzene rings is 1. The lowest BCUT2D eigenvalue weighted by Gasteiger charge is -2.10. The van der Waals surface area contributed by atoms with Crippen molar-refractivity contribution >= 4 is 23.2 Å². The number of nitrogens with zero attached hydrogens (tertiary/aromatic N) is 2. The Kier molecular flexibility index (Phi) is 3.97. The summed E-state index contributed by atoms with van der Waals surface area (Å²) in [7, 11) is 1.54. The van der Waals surface area contributed by atoms with Crippen molar-refractivity contribution in [2.24, 2.45) is 0 Å². The molecule has 1 amide bonds. The predicted molar refractivity (Wildman–Crippen MR) is 72.7 cm³/mol. The highest BCUT2D eigenvalue weighted by molar-refractivity contribution is 6.29. The number of carbonyl (C=O) groups is 1. The third-order valence-corrected chi connectivity index (χ3v) is 2.65. The zero-order valence-corrected chi connectivity index (χ0v) is 11.2. The van der Waals surface area contributed by atoms with Gasteiger partial charge in [-0.2, -0.15) is 0 Å². The number of hydrogen-bond donors (Lipinski definition) is 1. The molecule has 0 bridgehead atoms. The van der Waals surface area contributed by atoms with Gasteiger partial charge in [0.05, 0.1) is 25.2 Å². The fourth-order valence-electron chi connectivity index (χ4n) is 1.54. The van der Waals surface area contributed by atoms with E-state index in [1.54, 1.807) is 13.2 Å². The molecule has 1 aromatic carbocycles. The maximum Gasteiger partial charge on any atom is 0.275 e. The van der Waals surface area contributed by atoms with Crippen LogP contribution in [0.5, 0.6) is 5.75 Å². The summed E-state index contributed by atoms with van der Waals surface area (Å²) in [5.41, 5.74) is 1.79. The first-order valence-electron chi connectivity index (χ1n) is 5.53. The zero-order valence-electron chi connectivity index (χ0n) is 10.5. The van der Waals surface area contributed by atoms with Gasteiger partial charge in [0.25, 0.3) is 5.91 Å². The maximum absolute atomic E-state index is 12.0. The van der Waals surface area contributed by atoms with Crippen LogP contribution in [0.3, 0.4) is 0 Å². The van der Waals surface area contributed by atoms with Crippen LogP contribution in [0.2, 0.25) is 5.15 Å². The minimum atomic E-state index is -0.368. The van der Waals surface area contributed by atoms with E-state index in [4.69, 9.17) is 16.3 Å². The molecule has 0 unspecified atom stereocenters. The van der Waals surface area contributed by atoms with Crippen LogP contribution >= 0.6 is 11.6 Å². The molecule has 19 heavy (non-hydrogen) atoms. The molecule has 0 aliphatic rings. The number of anilines is 1. The number of halogens is 1. The van der Waals surface area contributed by atoms with Gasteiger partial charge in [-0.3, -0.25) is 4.79 Å². The second-order valence-electron chi connectivity index (χ2n) is 3.88. The van der Waals surface area contributed by atoms with Crippen molar-refractivity contribution < 1.29 is 9.53 Å². The molecular weight excluding hydrogens is 266 g/mol. The van der Waals surface area contributed by atoms with Gasteiger partial charge >= 0.3 is 0 Å². The van der Waals surface area contributed by atoms with E-state index in [0.29, 0.717) is 11.4 Å². The Morgan fingerprint density at radius 3 is 2.74 bits per heavy atom. The molecule has 6 heteroatoms. The van der Waals surface area contributed by atoms with Crippen LogP contribution in [0.1, 0.15) is 16.1 Å². The van der Waals surface area contributed by atoms with Gasteiger partial charge in [0, 0.05) is 0 Å². The second kappa shape index (κ2) is 5.67. The second-order valence-corrected chi connectivity index (χ2v) is 4.27. The van der Waals surface area contributed by atoms with E-state index >= 15 is 0 Å². The molecule has 0 atom stereocenters. The summed E-state index contributed by atoms with van der Waals surface area (Å²) in [5.74, 6) is 0.217. The molecule has 5 nitrogen and oxygen atoms in total. The SMILES string of the molecule is COc1ccc(C)cc1NC(=O)c1cnc(Cl)cn1. The molecule has 1 aromatic heterocycles. The van der Waals surface area contributed by atoms with Crippen LogP contribution in [0.25, 0.3) is 0 Å². The molecule has 1 N–H and O–H groups in total. The average Bonchev–Trinajstić information content (AvgIpc) is 2.39. The first kappa shape index (κ1) is 13.3. The molecule has 0 saturated heterocycles. The van der Waals surface area contributed by atoms with Gasteiger partial charge in [-0.15, -0.1) is 0 Å². The Labute approximate surface area is 115 Å². The van der Waals surface area contributed by atoms with Crippen LogP contribution in [0.15, 0.2) is 30.6 Å². The summed E-state index contributed by atoms with van der Waals surface area (Å²) in [5, 5.41) is 2.97. The summed E-state index contributed by atoms with van der Waals surface area (Å²) >= 11 is 5.62.